The van der Waals surface area contributed by atoms with Crippen LogP contribution in [0.15, 0.2) is 29.2 Å². The van der Waals surface area contributed by atoms with Crippen molar-refractivity contribution in [2.45, 2.75) is 55.2 Å². The molecule has 134 valence electrons. The lowest BCUT2D eigenvalue weighted by Crippen LogP contribution is -2.43. The molecule has 4 nitrogen and oxygen atoms in total. The van der Waals surface area contributed by atoms with Gasteiger partial charge in [-0.25, -0.2) is 0 Å². The number of piperidine rings is 1. The fourth-order valence-corrected chi connectivity index (χ4v) is 5.02. The van der Waals surface area contributed by atoms with Crippen molar-refractivity contribution in [3.63, 3.8) is 0 Å². The molecule has 1 atom stereocenters. The zero-order valence-corrected chi connectivity index (χ0v) is 15.6. The van der Waals surface area contributed by atoms with Gasteiger partial charge in [-0.2, -0.15) is 0 Å². The van der Waals surface area contributed by atoms with E-state index in [0.717, 1.165) is 38.8 Å². The molecule has 1 aliphatic carbocycles. The third-order valence-electron chi connectivity index (χ3n) is 5.57. The largest absolute Gasteiger partial charge is 0.342 e. The number of carbonyl (C=O) groups excluding carboxylic acids is 2. The highest BCUT2D eigenvalue weighted by Crippen LogP contribution is 2.34. The fraction of sp³-hybridized carbons (Fsp3) is 0.600. The first-order chi connectivity index (χ1) is 12.1. The van der Waals surface area contributed by atoms with E-state index in [1.807, 2.05) is 21.6 Å². The van der Waals surface area contributed by atoms with Gasteiger partial charge in [-0.1, -0.05) is 17.7 Å². The minimum atomic E-state index is -0.102. The van der Waals surface area contributed by atoms with Crippen molar-refractivity contribution in [2.75, 3.05) is 19.6 Å². The van der Waals surface area contributed by atoms with Gasteiger partial charge in [0.15, 0.2) is 0 Å². The number of rotatable bonds is 4. The van der Waals surface area contributed by atoms with Gasteiger partial charge in [-0.15, -0.1) is 11.8 Å². The molecule has 0 bridgehead atoms. The van der Waals surface area contributed by atoms with Crippen molar-refractivity contribution in [1.82, 2.24) is 9.80 Å². The van der Waals surface area contributed by atoms with Crippen molar-refractivity contribution >= 4 is 23.6 Å². The Kier molecular flexibility index (Phi) is 4.76. The average molecular weight is 359 g/mol. The maximum Gasteiger partial charge on any atom is 0.227 e. The highest BCUT2D eigenvalue weighted by molar-refractivity contribution is 8.00. The summed E-state index contributed by atoms with van der Waals surface area (Å²) in [7, 11) is 0. The summed E-state index contributed by atoms with van der Waals surface area (Å²) in [5.74, 6) is 0.287. The minimum absolute atomic E-state index is 0.102. The van der Waals surface area contributed by atoms with Crippen LogP contribution in [0.4, 0.5) is 0 Å². The lowest BCUT2D eigenvalue weighted by Gasteiger charge is -2.33. The predicted molar refractivity (Wildman–Crippen MR) is 99.5 cm³/mol. The Morgan fingerprint density at radius 1 is 1.08 bits per heavy atom. The molecule has 0 unspecified atom stereocenters. The van der Waals surface area contributed by atoms with E-state index in [1.54, 1.807) is 0 Å². The second-order valence-electron chi connectivity index (χ2n) is 7.63. The standard InChI is InChI=1S/C20H26N2O2S/c1-14-2-6-17(7-3-14)25-18-8-10-21(11-9-18)20(24)15-12-19(23)22(13-15)16-4-5-16/h2-3,6-7,15-16,18H,4-5,8-13H2,1H3/t15-/m0/s1. The molecule has 0 aromatic heterocycles. The van der Waals surface area contributed by atoms with Crippen LogP contribution in [0.5, 0.6) is 0 Å². The maximum absolute atomic E-state index is 12.8. The van der Waals surface area contributed by atoms with Gasteiger partial charge in [0.05, 0.1) is 5.92 Å². The van der Waals surface area contributed by atoms with Crippen LogP contribution < -0.4 is 0 Å². The Bertz CT molecular complexity index is 648. The first kappa shape index (κ1) is 17.0. The monoisotopic (exact) mass is 358 g/mol. The summed E-state index contributed by atoms with van der Waals surface area (Å²) in [5, 5.41) is 0.583. The maximum atomic E-state index is 12.8. The highest BCUT2D eigenvalue weighted by atomic mass is 32.2. The van der Waals surface area contributed by atoms with E-state index < -0.39 is 0 Å². The van der Waals surface area contributed by atoms with Gasteiger partial charge in [0, 0.05) is 42.2 Å². The Hall–Kier alpha value is -1.49. The van der Waals surface area contributed by atoms with E-state index in [9.17, 15) is 9.59 Å². The van der Waals surface area contributed by atoms with Gasteiger partial charge >= 0.3 is 0 Å². The van der Waals surface area contributed by atoms with E-state index in [1.165, 1.54) is 10.5 Å². The molecule has 0 N–H and O–H groups in total. The predicted octanol–water partition coefficient (Wildman–Crippen LogP) is 3.09. The molecule has 2 saturated heterocycles. The Morgan fingerprint density at radius 3 is 2.40 bits per heavy atom. The molecular formula is C20H26N2O2S. The van der Waals surface area contributed by atoms with Gasteiger partial charge in [0.25, 0.3) is 0 Å². The zero-order valence-electron chi connectivity index (χ0n) is 14.8. The number of nitrogens with zero attached hydrogens (tertiary/aromatic N) is 2. The first-order valence-electron chi connectivity index (χ1n) is 9.42. The molecule has 3 aliphatic rings. The first-order valence-corrected chi connectivity index (χ1v) is 10.3. The smallest absolute Gasteiger partial charge is 0.227 e. The van der Waals surface area contributed by atoms with Crippen LogP contribution >= 0.6 is 11.8 Å². The quantitative estimate of drug-likeness (QED) is 0.830. The second-order valence-corrected chi connectivity index (χ2v) is 9.01. The van der Waals surface area contributed by atoms with E-state index in [4.69, 9.17) is 0 Å². The molecule has 1 aromatic carbocycles. The van der Waals surface area contributed by atoms with Crippen molar-refractivity contribution in [3.8, 4) is 0 Å². The van der Waals surface area contributed by atoms with E-state index in [-0.39, 0.29) is 17.7 Å². The number of thioether (sulfide) groups is 1. The van der Waals surface area contributed by atoms with E-state index >= 15 is 0 Å². The number of benzene rings is 1. The molecule has 3 fully saturated rings. The third kappa shape index (κ3) is 3.86. The summed E-state index contributed by atoms with van der Waals surface area (Å²) in [4.78, 5) is 30.1. The molecule has 5 heteroatoms. The number of hydrogen-bond acceptors (Lipinski definition) is 3. The molecular weight excluding hydrogens is 332 g/mol. The lowest BCUT2D eigenvalue weighted by atomic mass is 10.0. The van der Waals surface area contributed by atoms with Gasteiger partial charge in [0.1, 0.15) is 0 Å². The lowest BCUT2D eigenvalue weighted by molar-refractivity contribution is -0.136. The number of aryl methyl sites for hydroxylation is 1. The average Bonchev–Trinajstić information content (AvgIpc) is 3.39. The molecule has 2 aliphatic heterocycles. The van der Waals surface area contributed by atoms with Crippen LogP contribution in [0.2, 0.25) is 0 Å². The number of amides is 2. The minimum Gasteiger partial charge on any atom is -0.342 e. The molecule has 2 amide bonds. The van der Waals surface area contributed by atoms with Crippen LogP contribution in [0.1, 0.15) is 37.7 Å². The second kappa shape index (κ2) is 7.02. The van der Waals surface area contributed by atoms with Crippen LogP contribution in [-0.4, -0.2) is 52.5 Å². The van der Waals surface area contributed by atoms with Crippen molar-refractivity contribution in [2.24, 2.45) is 5.92 Å². The molecule has 1 aromatic rings. The zero-order chi connectivity index (χ0) is 17.4. The molecule has 0 radical (unpaired) electrons. The Morgan fingerprint density at radius 2 is 1.76 bits per heavy atom. The fourth-order valence-electron chi connectivity index (χ4n) is 3.90. The molecule has 25 heavy (non-hydrogen) atoms. The van der Waals surface area contributed by atoms with Crippen LogP contribution in [0.3, 0.4) is 0 Å². The molecule has 1 saturated carbocycles. The van der Waals surface area contributed by atoms with Crippen LogP contribution in [0.25, 0.3) is 0 Å². The highest BCUT2D eigenvalue weighted by Gasteiger charge is 2.43. The summed E-state index contributed by atoms with van der Waals surface area (Å²) < 4.78 is 0. The van der Waals surface area contributed by atoms with E-state index in [2.05, 4.69) is 31.2 Å². The van der Waals surface area contributed by atoms with Gasteiger partial charge in [0.2, 0.25) is 11.8 Å². The summed E-state index contributed by atoms with van der Waals surface area (Å²) in [6.45, 7) is 4.42. The Balaban J connectivity index is 1.27. The van der Waals surface area contributed by atoms with Gasteiger partial charge < -0.3 is 9.80 Å². The normalized spacial score (nSPS) is 24.8. The topological polar surface area (TPSA) is 40.6 Å². The summed E-state index contributed by atoms with van der Waals surface area (Å²) in [6, 6.07) is 9.12. The summed E-state index contributed by atoms with van der Waals surface area (Å²) in [6.07, 6.45) is 4.74. The van der Waals surface area contributed by atoms with Crippen molar-refractivity contribution in [3.05, 3.63) is 29.8 Å². The van der Waals surface area contributed by atoms with Gasteiger partial charge in [-0.05, 0) is 44.7 Å². The number of carbonyl (C=O) groups is 2. The third-order valence-corrected chi connectivity index (χ3v) is 6.92. The van der Waals surface area contributed by atoms with Crippen LogP contribution in [0, 0.1) is 12.8 Å². The van der Waals surface area contributed by atoms with Gasteiger partial charge in [-0.3, -0.25) is 9.59 Å². The van der Waals surface area contributed by atoms with E-state index in [0.29, 0.717) is 24.3 Å². The van der Waals surface area contributed by atoms with Crippen molar-refractivity contribution in [1.29, 1.82) is 0 Å². The summed E-state index contributed by atoms with van der Waals surface area (Å²) >= 11 is 1.93. The van der Waals surface area contributed by atoms with Crippen LogP contribution in [-0.2, 0) is 9.59 Å². The molecule has 0 spiro atoms. The molecule has 4 rings (SSSR count). The Labute approximate surface area is 153 Å². The number of hydrogen-bond donors (Lipinski definition) is 0. The molecule has 2 heterocycles. The SMILES string of the molecule is Cc1ccc(SC2CCN(C(=O)[C@H]3CC(=O)N(C4CC4)C3)CC2)cc1. The van der Waals surface area contributed by atoms with Crippen molar-refractivity contribution < 1.29 is 9.59 Å². The summed E-state index contributed by atoms with van der Waals surface area (Å²) in [5.41, 5.74) is 1.29. The number of likely N-dealkylation sites (tertiary alicyclic amines) is 2.